The van der Waals surface area contributed by atoms with E-state index in [1.165, 1.54) is 0 Å². The number of hydrogen-bond acceptors (Lipinski definition) is 3. The molecule has 1 aliphatic heterocycles. The molecule has 0 spiro atoms. The van der Waals surface area contributed by atoms with Gasteiger partial charge in [0.05, 0.1) is 13.0 Å². The summed E-state index contributed by atoms with van der Waals surface area (Å²) in [5, 5.41) is 3.54. The molecular weight excluding hydrogens is 264 g/mol. The van der Waals surface area contributed by atoms with Crippen molar-refractivity contribution in [3.05, 3.63) is 30.3 Å². The van der Waals surface area contributed by atoms with Crippen LogP contribution in [0, 0.1) is 0 Å². The number of carbonyl (C=O) groups excluding carboxylic acids is 1. The van der Waals surface area contributed by atoms with Crippen molar-refractivity contribution in [3.8, 4) is 5.75 Å². The van der Waals surface area contributed by atoms with Crippen molar-refractivity contribution in [2.75, 3.05) is 19.7 Å². The average Bonchev–Trinajstić information content (AvgIpc) is 2.48. The fourth-order valence-corrected chi connectivity index (χ4v) is 2.70. The quantitative estimate of drug-likeness (QED) is 0.875. The zero-order valence-corrected chi connectivity index (χ0v) is 13.0. The predicted molar refractivity (Wildman–Crippen MR) is 84.4 cm³/mol. The third-order valence-electron chi connectivity index (χ3n) is 3.74. The first-order valence-electron chi connectivity index (χ1n) is 7.87. The number of nitrogens with one attached hydrogen (secondary N) is 1. The van der Waals surface area contributed by atoms with E-state index in [4.69, 9.17) is 4.74 Å². The lowest BCUT2D eigenvalue weighted by atomic mass is 10.0. The number of carbonyl (C=O) groups is 1. The van der Waals surface area contributed by atoms with E-state index < -0.39 is 0 Å². The van der Waals surface area contributed by atoms with Crippen LogP contribution in [0.5, 0.6) is 5.75 Å². The van der Waals surface area contributed by atoms with Gasteiger partial charge in [-0.2, -0.15) is 0 Å². The minimum atomic E-state index is 0.203. The van der Waals surface area contributed by atoms with E-state index >= 15 is 0 Å². The molecule has 1 aromatic rings. The zero-order valence-electron chi connectivity index (χ0n) is 13.0. The molecule has 116 valence electrons. The molecule has 4 nitrogen and oxygen atoms in total. The molecule has 2 rings (SSSR count). The number of hydrogen-bond donors (Lipinski definition) is 1. The van der Waals surface area contributed by atoms with Gasteiger partial charge in [0.25, 0.3) is 0 Å². The Morgan fingerprint density at radius 2 is 1.95 bits per heavy atom. The fourth-order valence-electron chi connectivity index (χ4n) is 2.70. The van der Waals surface area contributed by atoms with Crippen LogP contribution in [-0.4, -0.2) is 42.6 Å². The van der Waals surface area contributed by atoms with Crippen LogP contribution in [0.25, 0.3) is 0 Å². The largest absolute Gasteiger partial charge is 0.493 e. The topological polar surface area (TPSA) is 41.6 Å². The number of ether oxygens (including phenoxy) is 1. The highest BCUT2D eigenvalue weighted by Gasteiger charge is 2.22. The maximum Gasteiger partial charge on any atom is 0.225 e. The van der Waals surface area contributed by atoms with Crippen LogP contribution >= 0.6 is 0 Å². The molecule has 21 heavy (non-hydrogen) atoms. The fraction of sp³-hybridized carbons (Fsp3) is 0.588. The van der Waals surface area contributed by atoms with Crippen molar-refractivity contribution < 1.29 is 9.53 Å². The SMILES string of the molecule is CC(C)NC1CCN(C(=O)CCOc2ccccc2)CC1. The van der Waals surface area contributed by atoms with Crippen LogP contribution in [0.1, 0.15) is 33.1 Å². The van der Waals surface area contributed by atoms with Crippen LogP contribution in [0.15, 0.2) is 30.3 Å². The van der Waals surface area contributed by atoms with Gasteiger partial charge in [-0.1, -0.05) is 32.0 Å². The van der Waals surface area contributed by atoms with E-state index in [-0.39, 0.29) is 5.91 Å². The second kappa shape index (κ2) is 8.03. The molecule has 1 fully saturated rings. The normalized spacial score (nSPS) is 16.2. The molecule has 0 aromatic heterocycles. The van der Waals surface area contributed by atoms with Gasteiger partial charge in [0.2, 0.25) is 5.91 Å². The monoisotopic (exact) mass is 290 g/mol. The Bertz CT molecular complexity index is 426. The second-order valence-electron chi connectivity index (χ2n) is 5.89. The molecule has 0 bridgehead atoms. The second-order valence-corrected chi connectivity index (χ2v) is 5.89. The number of nitrogens with zero attached hydrogens (tertiary/aromatic N) is 1. The summed E-state index contributed by atoms with van der Waals surface area (Å²) in [6.07, 6.45) is 2.55. The Balaban J connectivity index is 1.65. The van der Waals surface area contributed by atoms with Gasteiger partial charge in [-0.3, -0.25) is 4.79 Å². The summed E-state index contributed by atoms with van der Waals surface area (Å²) in [7, 11) is 0. The Labute approximate surface area is 127 Å². The summed E-state index contributed by atoms with van der Waals surface area (Å²) in [5.74, 6) is 1.03. The smallest absolute Gasteiger partial charge is 0.225 e. The highest BCUT2D eigenvalue weighted by molar-refractivity contribution is 5.76. The lowest BCUT2D eigenvalue weighted by molar-refractivity contribution is -0.132. The molecule has 0 atom stereocenters. The Hall–Kier alpha value is -1.55. The maximum atomic E-state index is 12.1. The first kappa shape index (κ1) is 15.8. The van der Waals surface area contributed by atoms with Gasteiger partial charge in [0, 0.05) is 25.2 Å². The van der Waals surface area contributed by atoms with Crippen molar-refractivity contribution in [2.45, 2.75) is 45.2 Å². The van der Waals surface area contributed by atoms with Crippen molar-refractivity contribution >= 4 is 5.91 Å². The summed E-state index contributed by atoms with van der Waals surface area (Å²) in [5.41, 5.74) is 0. The molecule has 1 heterocycles. The van der Waals surface area contributed by atoms with Crippen molar-refractivity contribution in [1.82, 2.24) is 10.2 Å². The molecule has 0 unspecified atom stereocenters. The van der Waals surface area contributed by atoms with E-state index in [1.54, 1.807) is 0 Å². The van der Waals surface area contributed by atoms with Crippen molar-refractivity contribution in [2.24, 2.45) is 0 Å². The maximum absolute atomic E-state index is 12.1. The molecule has 4 heteroatoms. The summed E-state index contributed by atoms with van der Waals surface area (Å²) < 4.78 is 5.58. The molecule has 0 radical (unpaired) electrons. The van der Waals surface area contributed by atoms with Gasteiger partial charge < -0.3 is 15.0 Å². The summed E-state index contributed by atoms with van der Waals surface area (Å²) in [6, 6.07) is 10.7. The molecule has 1 aromatic carbocycles. The Morgan fingerprint density at radius 1 is 1.29 bits per heavy atom. The van der Waals surface area contributed by atoms with Crippen LogP contribution in [0.4, 0.5) is 0 Å². The Kier molecular flexibility index (Phi) is 6.05. The zero-order chi connectivity index (χ0) is 15.1. The minimum absolute atomic E-state index is 0.203. The standard InChI is InChI=1S/C17H26N2O2/c1-14(2)18-15-8-11-19(12-9-15)17(20)10-13-21-16-6-4-3-5-7-16/h3-7,14-15,18H,8-13H2,1-2H3. The lowest BCUT2D eigenvalue weighted by Crippen LogP contribution is -2.46. The molecule has 0 saturated carbocycles. The summed E-state index contributed by atoms with van der Waals surface area (Å²) in [4.78, 5) is 14.1. The van der Waals surface area contributed by atoms with E-state index in [9.17, 15) is 4.79 Å². The van der Waals surface area contributed by atoms with Gasteiger partial charge in [0.15, 0.2) is 0 Å². The summed E-state index contributed by atoms with van der Waals surface area (Å²) >= 11 is 0. The third kappa shape index (κ3) is 5.38. The average molecular weight is 290 g/mol. The van der Waals surface area contributed by atoms with Gasteiger partial charge >= 0.3 is 0 Å². The van der Waals surface area contributed by atoms with Crippen LogP contribution < -0.4 is 10.1 Å². The summed E-state index contributed by atoms with van der Waals surface area (Å²) in [6.45, 7) is 6.49. The van der Waals surface area contributed by atoms with Gasteiger partial charge in [0.1, 0.15) is 5.75 Å². The van der Waals surface area contributed by atoms with Gasteiger partial charge in [-0.05, 0) is 25.0 Å². The first-order valence-corrected chi connectivity index (χ1v) is 7.87. The highest BCUT2D eigenvalue weighted by atomic mass is 16.5. The van der Waals surface area contributed by atoms with Crippen molar-refractivity contribution in [3.63, 3.8) is 0 Å². The number of amides is 1. The van der Waals surface area contributed by atoms with Crippen LogP contribution in [0.3, 0.4) is 0 Å². The number of likely N-dealkylation sites (tertiary alicyclic amines) is 1. The number of benzene rings is 1. The highest BCUT2D eigenvalue weighted by Crippen LogP contribution is 2.13. The van der Waals surface area contributed by atoms with Crippen LogP contribution in [-0.2, 0) is 4.79 Å². The van der Waals surface area contributed by atoms with Gasteiger partial charge in [-0.25, -0.2) is 0 Å². The lowest BCUT2D eigenvalue weighted by Gasteiger charge is -2.33. The number of piperidine rings is 1. The van der Waals surface area contributed by atoms with E-state index in [1.807, 2.05) is 35.2 Å². The molecule has 1 aliphatic rings. The number of rotatable bonds is 6. The van der Waals surface area contributed by atoms with Crippen LogP contribution in [0.2, 0.25) is 0 Å². The molecule has 1 amide bonds. The third-order valence-corrected chi connectivity index (χ3v) is 3.74. The molecule has 0 aliphatic carbocycles. The number of para-hydroxylation sites is 1. The molecular formula is C17H26N2O2. The van der Waals surface area contributed by atoms with E-state index in [0.717, 1.165) is 31.7 Å². The molecule has 1 N–H and O–H groups in total. The van der Waals surface area contributed by atoms with Crippen molar-refractivity contribution in [1.29, 1.82) is 0 Å². The predicted octanol–water partition coefficient (Wildman–Crippen LogP) is 2.44. The first-order chi connectivity index (χ1) is 10.1. The Morgan fingerprint density at radius 3 is 2.57 bits per heavy atom. The minimum Gasteiger partial charge on any atom is -0.493 e. The van der Waals surface area contributed by atoms with E-state index in [0.29, 0.717) is 25.1 Å². The van der Waals surface area contributed by atoms with Gasteiger partial charge in [-0.15, -0.1) is 0 Å². The molecule has 1 saturated heterocycles. The van der Waals surface area contributed by atoms with E-state index in [2.05, 4.69) is 19.2 Å².